The minimum absolute atomic E-state index is 0.210. The molecule has 1 saturated heterocycles. The number of hydrogen-bond donors (Lipinski definition) is 1. The van der Waals surface area contributed by atoms with Crippen molar-refractivity contribution in [3.8, 4) is 0 Å². The van der Waals surface area contributed by atoms with Crippen LogP contribution in [0.25, 0.3) is 10.9 Å². The predicted octanol–water partition coefficient (Wildman–Crippen LogP) is 2.86. The largest absolute Gasteiger partial charge is 0.342 e. The van der Waals surface area contributed by atoms with Gasteiger partial charge >= 0.3 is 0 Å². The third-order valence-corrected chi connectivity index (χ3v) is 5.14. The van der Waals surface area contributed by atoms with Crippen LogP contribution < -0.4 is 0 Å². The third kappa shape index (κ3) is 3.16. The number of aromatic nitrogens is 4. The maximum atomic E-state index is 12.7. The van der Waals surface area contributed by atoms with Crippen molar-refractivity contribution in [1.82, 2.24) is 24.9 Å². The number of nitrogens with zero attached hydrogens (tertiary/aromatic N) is 4. The molecule has 1 aliphatic rings. The van der Waals surface area contributed by atoms with Gasteiger partial charge < -0.3 is 4.90 Å². The number of carbonyl (C=O) groups excluding carboxylic acids is 1. The number of aromatic amines is 1. The van der Waals surface area contributed by atoms with Crippen molar-refractivity contribution in [2.24, 2.45) is 0 Å². The number of amides is 1. The van der Waals surface area contributed by atoms with Crippen molar-refractivity contribution in [2.45, 2.75) is 38.6 Å². The summed E-state index contributed by atoms with van der Waals surface area (Å²) in [6, 6.07) is 8.10. The Kier molecular flexibility index (Phi) is 4.26. The zero-order valence-corrected chi connectivity index (χ0v) is 14.5. The molecule has 0 unspecified atom stereocenters. The van der Waals surface area contributed by atoms with Crippen molar-refractivity contribution >= 4 is 16.8 Å². The molecule has 6 heteroatoms. The van der Waals surface area contributed by atoms with E-state index in [1.54, 1.807) is 0 Å². The first-order chi connectivity index (χ1) is 12.2. The highest BCUT2D eigenvalue weighted by atomic mass is 16.2. The van der Waals surface area contributed by atoms with Crippen LogP contribution in [0.15, 0.2) is 36.7 Å². The third-order valence-electron chi connectivity index (χ3n) is 5.14. The average molecular weight is 337 g/mol. The number of aryl methyl sites for hydroxylation is 2. The van der Waals surface area contributed by atoms with E-state index in [0.717, 1.165) is 36.8 Å². The molecule has 25 heavy (non-hydrogen) atoms. The number of likely N-dealkylation sites (tertiary alicyclic amines) is 1. The van der Waals surface area contributed by atoms with E-state index in [4.69, 9.17) is 0 Å². The van der Waals surface area contributed by atoms with E-state index in [2.05, 4.69) is 22.2 Å². The zero-order valence-electron chi connectivity index (χ0n) is 14.5. The van der Waals surface area contributed by atoms with Crippen LogP contribution in [0.1, 0.15) is 36.4 Å². The van der Waals surface area contributed by atoms with Crippen molar-refractivity contribution in [1.29, 1.82) is 0 Å². The predicted molar refractivity (Wildman–Crippen MR) is 96.2 cm³/mol. The Morgan fingerprint density at radius 3 is 3.04 bits per heavy atom. The average Bonchev–Trinajstić information content (AvgIpc) is 3.26. The second kappa shape index (κ2) is 6.70. The molecule has 4 rings (SSSR count). The molecular formula is C19H23N5O. The molecule has 1 fully saturated rings. The number of fused-ring (bicyclic) bond motifs is 1. The normalized spacial score (nSPS) is 18.0. The number of carbonyl (C=O) groups is 1. The molecule has 6 nitrogen and oxygen atoms in total. The lowest BCUT2D eigenvalue weighted by atomic mass is 9.93. The smallest absolute Gasteiger partial charge is 0.224 e. The van der Waals surface area contributed by atoms with E-state index in [1.165, 1.54) is 11.3 Å². The van der Waals surface area contributed by atoms with Gasteiger partial charge in [-0.15, -0.1) is 0 Å². The number of rotatable bonds is 4. The monoisotopic (exact) mass is 337 g/mol. The van der Waals surface area contributed by atoms with E-state index < -0.39 is 0 Å². The topological polar surface area (TPSA) is 66.8 Å². The molecule has 0 bridgehead atoms. The maximum absolute atomic E-state index is 12.7. The van der Waals surface area contributed by atoms with Gasteiger partial charge in [-0.05, 0) is 31.4 Å². The lowest BCUT2D eigenvalue weighted by Crippen LogP contribution is -2.39. The molecule has 0 spiro atoms. The Bertz CT molecular complexity index is 881. The van der Waals surface area contributed by atoms with E-state index in [-0.39, 0.29) is 5.91 Å². The quantitative estimate of drug-likeness (QED) is 0.796. The Hall–Kier alpha value is -2.63. The fourth-order valence-corrected chi connectivity index (χ4v) is 3.77. The van der Waals surface area contributed by atoms with Gasteiger partial charge in [-0.2, -0.15) is 10.2 Å². The van der Waals surface area contributed by atoms with Gasteiger partial charge in [0.25, 0.3) is 0 Å². The van der Waals surface area contributed by atoms with Crippen LogP contribution in [-0.2, 0) is 11.3 Å². The van der Waals surface area contributed by atoms with Crippen molar-refractivity contribution in [3.63, 3.8) is 0 Å². The van der Waals surface area contributed by atoms with Crippen molar-refractivity contribution in [3.05, 3.63) is 47.9 Å². The second-order valence-corrected chi connectivity index (χ2v) is 6.82. The van der Waals surface area contributed by atoms with E-state index in [1.807, 2.05) is 46.2 Å². The summed E-state index contributed by atoms with van der Waals surface area (Å²) in [7, 11) is 0. The van der Waals surface area contributed by atoms with Crippen molar-refractivity contribution in [2.75, 3.05) is 13.1 Å². The van der Waals surface area contributed by atoms with Gasteiger partial charge in [-0.3, -0.25) is 14.6 Å². The van der Waals surface area contributed by atoms with Gasteiger partial charge in [0.15, 0.2) is 0 Å². The summed E-state index contributed by atoms with van der Waals surface area (Å²) in [5, 5.41) is 12.8. The minimum Gasteiger partial charge on any atom is -0.342 e. The molecule has 1 amide bonds. The Morgan fingerprint density at radius 1 is 1.32 bits per heavy atom. The summed E-state index contributed by atoms with van der Waals surface area (Å²) < 4.78 is 1.92. The molecule has 1 aromatic carbocycles. The SMILES string of the molecule is Cc1cn[nH]c1[C@H]1CCCN(C(=O)CCn2ncc3ccccc32)C1. The van der Waals surface area contributed by atoms with Crippen LogP contribution in [0, 0.1) is 6.92 Å². The Morgan fingerprint density at radius 2 is 2.20 bits per heavy atom. The van der Waals surface area contributed by atoms with Crippen molar-refractivity contribution < 1.29 is 4.79 Å². The van der Waals surface area contributed by atoms with Crippen LogP contribution in [0.4, 0.5) is 0 Å². The van der Waals surface area contributed by atoms with E-state index in [9.17, 15) is 4.79 Å². The molecule has 1 N–H and O–H groups in total. The molecule has 2 aromatic heterocycles. The highest BCUT2D eigenvalue weighted by molar-refractivity contribution is 5.79. The summed E-state index contributed by atoms with van der Waals surface area (Å²) in [6.45, 7) is 4.32. The summed E-state index contributed by atoms with van der Waals surface area (Å²) in [5.74, 6) is 0.576. The summed E-state index contributed by atoms with van der Waals surface area (Å²) >= 11 is 0. The first-order valence-corrected chi connectivity index (χ1v) is 8.90. The number of benzene rings is 1. The van der Waals surface area contributed by atoms with Crippen LogP contribution in [-0.4, -0.2) is 43.9 Å². The van der Waals surface area contributed by atoms with Crippen LogP contribution in [0.2, 0.25) is 0 Å². The van der Waals surface area contributed by atoms with Gasteiger partial charge in [0, 0.05) is 36.5 Å². The lowest BCUT2D eigenvalue weighted by Gasteiger charge is -2.32. The Balaban J connectivity index is 1.40. The lowest BCUT2D eigenvalue weighted by molar-refractivity contribution is -0.132. The fraction of sp³-hybridized carbons (Fsp3) is 0.421. The number of piperidine rings is 1. The van der Waals surface area contributed by atoms with Gasteiger partial charge in [-0.1, -0.05) is 18.2 Å². The Labute approximate surface area is 146 Å². The van der Waals surface area contributed by atoms with Gasteiger partial charge in [0.2, 0.25) is 5.91 Å². The molecule has 0 aliphatic carbocycles. The first kappa shape index (κ1) is 15.9. The maximum Gasteiger partial charge on any atom is 0.224 e. The number of nitrogens with one attached hydrogen (secondary N) is 1. The highest BCUT2D eigenvalue weighted by Crippen LogP contribution is 2.27. The molecule has 1 aliphatic heterocycles. The number of para-hydroxylation sites is 1. The molecule has 1 atom stereocenters. The molecule has 3 heterocycles. The molecular weight excluding hydrogens is 314 g/mol. The fourth-order valence-electron chi connectivity index (χ4n) is 3.77. The molecule has 3 aromatic rings. The zero-order chi connectivity index (χ0) is 17.2. The van der Waals surface area contributed by atoms with Crippen LogP contribution in [0.3, 0.4) is 0 Å². The van der Waals surface area contributed by atoms with Gasteiger partial charge in [0.05, 0.1) is 24.5 Å². The second-order valence-electron chi connectivity index (χ2n) is 6.82. The molecule has 130 valence electrons. The summed E-state index contributed by atoms with van der Waals surface area (Å²) in [4.78, 5) is 14.7. The highest BCUT2D eigenvalue weighted by Gasteiger charge is 2.26. The standard InChI is InChI=1S/C19H23N5O/c1-14-11-20-22-19(14)16-6-4-9-23(13-16)18(25)8-10-24-17-7-3-2-5-15(17)12-21-24/h2-3,5,7,11-12,16H,4,6,8-10,13H2,1H3,(H,20,22)/t16-/m0/s1. The minimum atomic E-state index is 0.210. The number of H-pyrrole nitrogens is 1. The van der Waals surface area contributed by atoms with E-state index >= 15 is 0 Å². The van der Waals surface area contributed by atoms with Crippen LogP contribution in [0.5, 0.6) is 0 Å². The first-order valence-electron chi connectivity index (χ1n) is 8.90. The summed E-state index contributed by atoms with van der Waals surface area (Å²) in [5.41, 5.74) is 3.44. The van der Waals surface area contributed by atoms with Gasteiger partial charge in [-0.25, -0.2) is 0 Å². The van der Waals surface area contributed by atoms with E-state index in [0.29, 0.717) is 18.9 Å². The van der Waals surface area contributed by atoms with Gasteiger partial charge in [0.1, 0.15) is 0 Å². The number of hydrogen-bond acceptors (Lipinski definition) is 3. The molecule has 0 radical (unpaired) electrons. The summed E-state index contributed by atoms with van der Waals surface area (Å²) in [6.07, 6.45) is 6.35. The van der Waals surface area contributed by atoms with Crippen LogP contribution >= 0.6 is 0 Å². The molecule has 0 saturated carbocycles.